The van der Waals surface area contributed by atoms with Gasteiger partial charge in [0.1, 0.15) is 12.4 Å². The van der Waals surface area contributed by atoms with E-state index in [2.05, 4.69) is 10.6 Å². The smallest absolute Gasteiger partial charge is 0.251 e. The van der Waals surface area contributed by atoms with Gasteiger partial charge in [0.2, 0.25) is 5.91 Å². The quantitative estimate of drug-likeness (QED) is 0.694. The number of hydrogen-bond donors (Lipinski definition) is 2. The molecule has 2 aromatic carbocycles. The molecule has 3 aromatic rings. The third-order valence-corrected chi connectivity index (χ3v) is 4.52. The number of amides is 2. The highest BCUT2D eigenvalue weighted by molar-refractivity contribution is 5.94. The molecule has 0 spiro atoms. The Hall–Kier alpha value is -3.15. The van der Waals surface area contributed by atoms with Crippen LogP contribution in [-0.4, -0.2) is 26.9 Å². The van der Waals surface area contributed by atoms with Gasteiger partial charge in [-0.1, -0.05) is 29.8 Å². The molecule has 0 fully saturated rings. The minimum absolute atomic E-state index is 0.0980. The maximum atomic E-state index is 12.7. The van der Waals surface area contributed by atoms with E-state index in [9.17, 15) is 9.59 Å². The summed E-state index contributed by atoms with van der Waals surface area (Å²) < 4.78 is 1.87. The second kappa shape index (κ2) is 8.07. The van der Waals surface area contributed by atoms with E-state index in [0.717, 1.165) is 16.6 Å². The summed E-state index contributed by atoms with van der Waals surface area (Å²) in [7, 11) is 0. The highest BCUT2D eigenvalue weighted by Gasteiger charge is 2.22. The van der Waals surface area contributed by atoms with Crippen LogP contribution in [0.2, 0.25) is 0 Å². The molecule has 0 aliphatic heterocycles. The van der Waals surface area contributed by atoms with Crippen LogP contribution in [0.15, 0.2) is 48.5 Å². The number of aryl methyl sites for hydroxylation is 1. The lowest BCUT2D eigenvalue weighted by Gasteiger charge is -2.22. The molecule has 6 heteroatoms. The molecule has 0 bridgehead atoms. The van der Waals surface area contributed by atoms with Crippen LogP contribution in [0.5, 0.6) is 0 Å². The van der Waals surface area contributed by atoms with Crippen LogP contribution in [0.4, 0.5) is 0 Å². The Morgan fingerprint density at radius 3 is 2.52 bits per heavy atom. The highest BCUT2D eigenvalue weighted by Crippen LogP contribution is 2.21. The third-order valence-electron chi connectivity index (χ3n) is 4.52. The van der Waals surface area contributed by atoms with Gasteiger partial charge in [-0.05, 0) is 58.9 Å². The van der Waals surface area contributed by atoms with Crippen LogP contribution in [0.3, 0.4) is 0 Å². The van der Waals surface area contributed by atoms with Crippen LogP contribution in [0.25, 0.3) is 11.0 Å². The first kappa shape index (κ1) is 20.6. The van der Waals surface area contributed by atoms with E-state index < -0.39 is 0 Å². The Balaban J connectivity index is 1.89. The summed E-state index contributed by atoms with van der Waals surface area (Å²) in [5, 5.41) is 5.99. The number of carbonyl (C=O) groups is 2. The molecule has 29 heavy (non-hydrogen) atoms. The van der Waals surface area contributed by atoms with E-state index in [4.69, 9.17) is 4.98 Å². The standard InChI is InChI=1S/C23H28N4O2/c1-15-9-8-10-17(13-15)22(29)24-16(2)21-25-18-11-6-7-12-19(18)27(21)14-20(28)26-23(3,4)5/h6-13,16H,14H2,1-5H3,(H,24,29)(H,26,28). The third kappa shape index (κ3) is 5.02. The molecule has 1 aromatic heterocycles. The van der Waals surface area contributed by atoms with Crippen molar-refractivity contribution in [2.45, 2.75) is 52.7 Å². The van der Waals surface area contributed by atoms with Crippen molar-refractivity contribution >= 4 is 22.8 Å². The zero-order valence-corrected chi connectivity index (χ0v) is 17.6. The molecule has 2 amide bonds. The molecule has 0 aliphatic rings. The van der Waals surface area contributed by atoms with E-state index in [-0.39, 0.29) is 29.9 Å². The molecule has 152 valence electrons. The van der Waals surface area contributed by atoms with Gasteiger partial charge in [-0.25, -0.2) is 4.98 Å². The summed E-state index contributed by atoms with van der Waals surface area (Å²) in [5.74, 6) is 0.384. The van der Waals surface area contributed by atoms with Gasteiger partial charge in [0, 0.05) is 11.1 Å². The first-order valence-corrected chi connectivity index (χ1v) is 9.78. The molecular formula is C23H28N4O2. The zero-order valence-electron chi connectivity index (χ0n) is 17.6. The number of benzene rings is 2. The van der Waals surface area contributed by atoms with Gasteiger partial charge in [-0.2, -0.15) is 0 Å². The van der Waals surface area contributed by atoms with E-state index in [1.54, 1.807) is 6.07 Å². The van der Waals surface area contributed by atoms with E-state index in [0.29, 0.717) is 11.4 Å². The molecule has 0 saturated carbocycles. The maximum absolute atomic E-state index is 12.7. The molecule has 1 heterocycles. The van der Waals surface area contributed by atoms with Crippen molar-refractivity contribution in [2.75, 3.05) is 0 Å². The van der Waals surface area contributed by atoms with E-state index >= 15 is 0 Å². The van der Waals surface area contributed by atoms with Crippen LogP contribution in [-0.2, 0) is 11.3 Å². The van der Waals surface area contributed by atoms with Crippen LogP contribution in [0, 0.1) is 6.92 Å². The van der Waals surface area contributed by atoms with Crippen LogP contribution in [0.1, 0.15) is 55.5 Å². The number of hydrogen-bond acceptors (Lipinski definition) is 3. The normalized spacial score (nSPS) is 12.6. The number of fused-ring (bicyclic) bond motifs is 1. The molecule has 0 saturated heterocycles. The fourth-order valence-electron chi connectivity index (χ4n) is 3.32. The summed E-state index contributed by atoms with van der Waals surface area (Å²) in [4.78, 5) is 30.0. The van der Waals surface area contributed by atoms with Crippen molar-refractivity contribution in [1.82, 2.24) is 20.2 Å². The number of para-hydroxylation sites is 2. The Morgan fingerprint density at radius 2 is 1.83 bits per heavy atom. The summed E-state index contributed by atoms with van der Waals surface area (Å²) in [6.45, 7) is 9.81. The zero-order chi connectivity index (χ0) is 21.2. The van der Waals surface area contributed by atoms with Gasteiger partial charge in [0.25, 0.3) is 5.91 Å². The fraction of sp³-hybridized carbons (Fsp3) is 0.348. The molecule has 0 radical (unpaired) electrons. The number of carbonyl (C=O) groups excluding carboxylic acids is 2. The number of imidazole rings is 1. The van der Waals surface area contributed by atoms with Crippen molar-refractivity contribution < 1.29 is 9.59 Å². The van der Waals surface area contributed by atoms with Crippen LogP contribution >= 0.6 is 0 Å². The van der Waals surface area contributed by atoms with E-state index in [1.807, 2.05) is 81.7 Å². The summed E-state index contributed by atoms with van der Waals surface area (Å²) >= 11 is 0. The maximum Gasteiger partial charge on any atom is 0.251 e. The molecule has 3 rings (SSSR count). The summed E-state index contributed by atoms with van der Waals surface area (Å²) in [6.07, 6.45) is 0. The monoisotopic (exact) mass is 392 g/mol. The fourth-order valence-corrected chi connectivity index (χ4v) is 3.32. The van der Waals surface area contributed by atoms with Crippen molar-refractivity contribution in [3.05, 3.63) is 65.5 Å². The minimum Gasteiger partial charge on any atom is -0.350 e. The minimum atomic E-state index is -0.363. The first-order chi connectivity index (χ1) is 13.6. The second-order valence-corrected chi connectivity index (χ2v) is 8.41. The van der Waals surface area contributed by atoms with Gasteiger partial charge in [-0.15, -0.1) is 0 Å². The molecular weight excluding hydrogens is 364 g/mol. The lowest BCUT2D eigenvalue weighted by atomic mass is 10.1. The Labute approximate surface area is 171 Å². The Bertz CT molecular complexity index is 1050. The van der Waals surface area contributed by atoms with Crippen molar-refractivity contribution in [3.8, 4) is 0 Å². The summed E-state index contributed by atoms with van der Waals surface area (Å²) in [5.41, 5.74) is 2.96. The SMILES string of the molecule is Cc1cccc(C(=O)NC(C)c2nc3ccccc3n2CC(=O)NC(C)(C)C)c1. The number of rotatable bonds is 5. The predicted molar refractivity (Wildman–Crippen MR) is 115 cm³/mol. The van der Waals surface area contributed by atoms with Gasteiger partial charge in [0.15, 0.2) is 0 Å². The largest absolute Gasteiger partial charge is 0.350 e. The second-order valence-electron chi connectivity index (χ2n) is 8.41. The highest BCUT2D eigenvalue weighted by atomic mass is 16.2. The van der Waals surface area contributed by atoms with Crippen LogP contribution < -0.4 is 10.6 Å². The van der Waals surface area contributed by atoms with Gasteiger partial charge < -0.3 is 15.2 Å². The average molecular weight is 393 g/mol. The lowest BCUT2D eigenvalue weighted by Crippen LogP contribution is -2.42. The van der Waals surface area contributed by atoms with Gasteiger partial charge >= 0.3 is 0 Å². The average Bonchev–Trinajstić information content (AvgIpc) is 2.99. The Morgan fingerprint density at radius 1 is 1.10 bits per heavy atom. The van der Waals surface area contributed by atoms with Crippen molar-refractivity contribution in [3.63, 3.8) is 0 Å². The van der Waals surface area contributed by atoms with Crippen molar-refractivity contribution in [1.29, 1.82) is 0 Å². The molecule has 1 atom stereocenters. The topological polar surface area (TPSA) is 76.0 Å². The predicted octanol–water partition coefficient (Wildman–Crippen LogP) is 3.75. The summed E-state index contributed by atoms with van der Waals surface area (Å²) in [6, 6.07) is 14.8. The van der Waals surface area contributed by atoms with Crippen molar-refractivity contribution in [2.24, 2.45) is 0 Å². The van der Waals surface area contributed by atoms with E-state index in [1.165, 1.54) is 0 Å². The molecule has 2 N–H and O–H groups in total. The molecule has 6 nitrogen and oxygen atoms in total. The number of aromatic nitrogens is 2. The van der Waals surface area contributed by atoms with Gasteiger partial charge in [-0.3, -0.25) is 9.59 Å². The van der Waals surface area contributed by atoms with Gasteiger partial charge in [0.05, 0.1) is 17.1 Å². The number of nitrogens with one attached hydrogen (secondary N) is 2. The first-order valence-electron chi connectivity index (χ1n) is 9.78. The Kier molecular flexibility index (Phi) is 5.73. The molecule has 1 unspecified atom stereocenters. The lowest BCUT2D eigenvalue weighted by molar-refractivity contribution is -0.123. The number of nitrogens with zero attached hydrogens (tertiary/aromatic N) is 2. The molecule has 0 aliphatic carbocycles.